The quantitative estimate of drug-likeness (QED) is 0.474. The molecule has 0 amide bonds. The lowest BCUT2D eigenvalue weighted by Crippen LogP contribution is -2.32. The van der Waals surface area contributed by atoms with Crippen molar-refractivity contribution < 1.29 is 9.72 Å². The number of aryl methyl sites for hydroxylation is 2. The Balaban J connectivity index is 1.77. The molecule has 0 aromatic carbocycles. The maximum atomic E-state index is 12.4. The number of hydrogen-bond donors (Lipinski definition) is 0. The summed E-state index contributed by atoms with van der Waals surface area (Å²) in [6.45, 7) is 2.50. The summed E-state index contributed by atoms with van der Waals surface area (Å²) in [5.41, 5.74) is 1.20. The van der Waals surface area contributed by atoms with Crippen LogP contribution in [0.2, 0.25) is 0 Å². The highest BCUT2D eigenvalue weighted by Gasteiger charge is 2.29. The van der Waals surface area contributed by atoms with Crippen molar-refractivity contribution in [1.82, 2.24) is 14.8 Å². The fraction of sp³-hybridized carbons (Fsp3) is 0.438. The van der Waals surface area contributed by atoms with Crippen LogP contribution in [0, 0.1) is 17.0 Å². The van der Waals surface area contributed by atoms with E-state index >= 15 is 0 Å². The molecular formula is C16H19N5O3. The van der Waals surface area contributed by atoms with Gasteiger partial charge in [-0.15, -0.1) is 0 Å². The molecule has 0 unspecified atom stereocenters. The molecule has 1 atom stereocenters. The zero-order valence-corrected chi connectivity index (χ0v) is 13.7. The van der Waals surface area contributed by atoms with Crippen LogP contribution in [0.3, 0.4) is 0 Å². The zero-order chi connectivity index (χ0) is 17.3. The summed E-state index contributed by atoms with van der Waals surface area (Å²) in [5, 5.41) is 15.0. The van der Waals surface area contributed by atoms with Crippen LogP contribution in [0.5, 0.6) is 0 Å². The third kappa shape index (κ3) is 3.12. The van der Waals surface area contributed by atoms with Crippen LogP contribution >= 0.6 is 0 Å². The van der Waals surface area contributed by atoms with Crippen LogP contribution in [-0.4, -0.2) is 38.1 Å². The predicted molar refractivity (Wildman–Crippen MR) is 88.2 cm³/mol. The molecule has 3 heterocycles. The standard InChI is InChI=1S/C16H19N5O3/c1-11-6-16(17-9-14(11)21(23)24)20-5-3-4-13(20)7-15(22)12-8-18-19(2)10-12/h6,8-10,13H,3-5,7H2,1-2H3/t13-/m0/s1. The molecule has 0 bridgehead atoms. The molecule has 1 fully saturated rings. The van der Waals surface area contributed by atoms with Crippen LogP contribution in [0.25, 0.3) is 0 Å². The summed E-state index contributed by atoms with van der Waals surface area (Å²) >= 11 is 0. The number of carbonyl (C=O) groups is 1. The Morgan fingerprint density at radius 3 is 2.88 bits per heavy atom. The van der Waals surface area contributed by atoms with Crippen LogP contribution in [0.1, 0.15) is 35.2 Å². The van der Waals surface area contributed by atoms with Crippen LogP contribution in [0.4, 0.5) is 11.5 Å². The zero-order valence-electron chi connectivity index (χ0n) is 13.7. The first kappa shape index (κ1) is 16.1. The van der Waals surface area contributed by atoms with Gasteiger partial charge >= 0.3 is 0 Å². The Labute approximate surface area is 139 Å². The summed E-state index contributed by atoms with van der Waals surface area (Å²) in [4.78, 5) is 29.2. The van der Waals surface area contributed by atoms with Gasteiger partial charge in [0, 0.05) is 37.8 Å². The van der Waals surface area contributed by atoms with Gasteiger partial charge in [0.15, 0.2) is 5.78 Å². The van der Waals surface area contributed by atoms with Crippen LogP contribution in [0.15, 0.2) is 24.7 Å². The first-order valence-electron chi connectivity index (χ1n) is 7.85. The molecule has 2 aromatic heterocycles. The Kier molecular flexibility index (Phi) is 4.28. The Hall–Kier alpha value is -2.77. The normalized spacial score (nSPS) is 17.2. The Bertz CT molecular complexity index is 786. The van der Waals surface area contributed by atoms with Gasteiger partial charge < -0.3 is 4.90 Å². The predicted octanol–water partition coefficient (Wildman–Crippen LogP) is 2.27. The fourth-order valence-corrected chi connectivity index (χ4v) is 3.13. The van der Waals surface area contributed by atoms with Gasteiger partial charge in [-0.1, -0.05) is 0 Å². The first-order chi connectivity index (χ1) is 11.5. The summed E-state index contributed by atoms with van der Waals surface area (Å²) in [7, 11) is 1.78. The van der Waals surface area contributed by atoms with Crippen molar-refractivity contribution in [3.63, 3.8) is 0 Å². The number of nitrogens with zero attached hydrogens (tertiary/aromatic N) is 5. The van der Waals surface area contributed by atoms with Gasteiger partial charge in [0.2, 0.25) is 0 Å². The number of nitro groups is 1. The number of anilines is 1. The molecule has 8 heteroatoms. The van der Waals surface area contributed by atoms with Crippen LogP contribution < -0.4 is 4.90 Å². The molecule has 0 spiro atoms. The molecule has 0 radical (unpaired) electrons. The number of hydrogen-bond acceptors (Lipinski definition) is 6. The van der Waals surface area contributed by atoms with Gasteiger partial charge in [-0.25, -0.2) is 4.98 Å². The van der Waals surface area contributed by atoms with Gasteiger partial charge in [0.25, 0.3) is 5.69 Å². The monoisotopic (exact) mass is 329 g/mol. The van der Waals surface area contributed by atoms with Gasteiger partial charge in [-0.3, -0.25) is 19.6 Å². The summed E-state index contributed by atoms with van der Waals surface area (Å²) in [6, 6.07) is 1.79. The van der Waals surface area contributed by atoms with Crippen molar-refractivity contribution in [2.45, 2.75) is 32.2 Å². The third-order valence-electron chi connectivity index (χ3n) is 4.38. The summed E-state index contributed by atoms with van der Waals surface area (Å²) in [5.74, 6) is 0.748. The molecule has 1 saturated heterocycles. The number of ketones is 1. The van der Waals surface area contributed by atoms with Gasteiger partial charge in [0.1, 0.15) is 12.0 Å². The molecule has 0 saturated carbocycles. The maximum absolute atomic E-state index is 12.4. The van der Waals surface area contributed by atoms with Gasteiger partial charge in [0.05, 0.1) is 16.7 Å². The van der Waals surface area contributed by atoms with E-state index < -0.39 is 4.92 Å². The Morgan fingerprint density at radius 2 is 2.25 bits per heavy atom. The van der Waals surface area contributed by atoms with E-state index in [0.717, 1.165) is 19.4 Å². The van der Waals surface area contributed by atoms with E-state index in [-0.39, 0.29) is 17.5 Å². The summed E-state index contributed by atoms with van der Waals surface area (Å²) in [6.07, 6.45) is 6.87. The molecular weight excluding hydrogens is 310 g/mol. The van der Waals surface area contributed by atoms with Crippen molar-refractivity contribution in [3.8, 4) is 0 Å². The van der Waals surface area contributed by atoms with E-state index in [0.29, 0.717) is 23.4 Å². The lowest BCUT2D eigenvalue weighted by atomic mass is 10.0. The molecule has 1 aliphatic heterocycles. The topological polar surface area (TPSA) is 94.2 Å². The van der Waals surface area contributed by atoms with E-state index in [2.05, 4.69) is 15.0 Å². The summed E-state index contributed by atoms with van der Waals surface area (Å²) < 4.78 is 1.61. The largest absolute Gasteiger partial charge is 0.353 e. The number of rotatable bonds is 5. The molecule has 24 heavy (non-hydrogen) atoms. The lowest BCUT2D eigenvalue weighted by molar-refractivity contribution is -0.385. The SMILES string of the molecule is Cc1cc(N2CCC[C@H]2CC(=O)c2cnn(C)c2)ncc1[N+](=O)[O-]. The van der Waals surface area contributed by atoms with E-state index in [4.69, 9.17) is 0 Å². The highest BCUT2D eigenvalue weighted by atomic mass is 16.6. The maximum Gasteiger partial charge on any atom is 0.290 e. The average Bonchev–Trinajstić information content (AvgIpc) is 3.15. The number of pyridine rings is 1. The minimum Gasteiger partial charge on any atom is -0.353 e. The van der Waals surface area contributed by atoms with E-state index in [9.17, 15) is 14.9 Å². The number of Topliss-reactive ketones (excluding diaryl/α,β-unsaturated/α-hetero) is 1. The van der Waals surface area contributed by atoms with Crippen molar-refractivity contribution in [3.05, 3.63) is 45.9 Å². The molecule has 8 nitrogen and oxygen atoms in total. The lowest BCUT2D eigenvalue weighted by Gasteiger charge is -2.25. The van der Waals surface area contributed by atoms with E-state index in [1.807, 2.05) is 0 Å². The van der Waals surface area contributed by atoms with Gasteiger partial charge in [-0.05, 0) is 25.8 Å². The molecule has 3 rings (SSSR count). The third-order valence-corrected chi connectivity index (χ3v) is 4.38. The second-order valence-electron chi connectivity index (χ2n) is 6.11. The first-order valence-corrected chi connectivity index (χ1v) is 7.85. The van der Waals surface area contributed by atoms with Crippen molar-refractivity contribution in [1.29, 1.82) is 0 Å². The average molecular weight is 329 g/mol. The molecule has 0 N–H and O–H groups in total. The fourth-order valence-electron chi connectivity index (χ4n) is 3.13. The van der Waals surface area contributed by atoms with Gasteiger partial charge in [-0.2, -0.15) is 5.10 Å². The highest BCUT2D eigenvalue weighted by molar-refractivity contribution is 5.96. The number of carbonyl (C=O) groups excluding carboxylic acids is 1. The molecule has 0 aliphatic carbocycles. The minimum absolute atomic E-state index is 0.0148. The second kappa shape index (κ2) is 6.38. The van der Waals surface area contributed by atoms with E-state index in [1.165, 1.54) is 6.20 Å². The van der Waals surface area contributed by atoms with Crippen LogP contribution in [-0.2, 0) is 7.05 Å². The van der Waals surface area contributed by atoms with Crippen molar-refractivity contribution >= 4 is 17.3 Å². The van der Waals surface area contributed by atoms with Crippen molar-refractivity contribution in [2.24, 2.45) is 7.05 Å². The number of aromatic nitrogens is 3. The molecule has 126 valence electrons. The molecule has 2 aromatic rings. The molecule has 1 aliphatic rings. The highest BCUT2D eigenvalue weighted by Crippen LogP contribution is 2.29. The smallest absolute Gasteiger partial charge is 0.290 e. The van der Waals surface area contributed by atoms with Crippen molar-refractivity contribution in [2.75, 3.05) is 11.4 Å². The van der Waals surface area contributed by atoms with E-state index in [1.54, 1.807) is 37.1 Å². The second-order valence-corrected chi connectivity index (χ2v) is 6.11. The minimum atomic E-state index is -0.431. The Morgan fingerprint density at radius 1 is 1.46 bits per heavy atom.